The number of aliphatic hydroxyl groups excluding tert-OH is 10. The van der Waals surface area contributed by atoms with Crippen molar-refractivity contribution in [3.8, 4) is 0 Å². The summed E-state index contributed by atoms with van der Waals surface area (Å²) in [6, 6.07) is 9.11. The van der Waals surface area contributed by atoms with Crippen LogP contribution >= 0.6 is 11.8 Å². The molecule has 3 heterocycles. The zero-order valence-corrected chi connectivity index (χ0v) is 68.6. The molecule has 6 unspecified atom stereocenters. The molecule has 22 heteroatoms. The Kier molecular flexibility index (Phi) is 36.0. The first-order chi connectivity index (χ1) is 51.8. The highest BCUT2D eigenvalue weighted by Gasteiger charge is 2.69. The zero-order chi connectivity index (χ0) is 78.0. The molecule has 12 rings (SSSR count). The highest BCUT2D eigenvalue weighted by Crippen LogP contribution is 2.71. The van der Waals surface area contributed by atoms with Gasteiger partial charge in [0, 0.05) is 10.8 Å². The molecule has 11 aliphatic rings. The van der Waals surface area contributed by atoms with E-state index in [9.17, 15) is 55.9 Å². The van der Waals surface area contributed by atoms with Crippen molar-refractivity contribution in [2.75, 3.05) is 78.4 Å². The van der Waals surface area contributed by atoms with Gasteiger partial charge in [0.1, 0.15) is 60.9 Å². The lowest BCUT2D eigenvalue weighted by atomic mass is 9.43. The number of thioether (sulfide) groups is 1. The minimum absolute atomic E-state index is 0. The van der Waals surface area contributed by atoms with Gasteiger partial charge >= 0.3 is 5.97 Å². The summed E-state index contributed by atoms with van der Waals surface area (Å²) < 4.78 is 61.4. The lowest BCUT2D eigenvalue weighted by Gasteiger charge is -2.64. The lowest BCUT2D eigenvalue weighted by Crippen LogP contribution is -2.63. The molecule has 8 aliphatic carbocycles. The van der Waals surface area contributed by atoms with Gasteiger partial charge in [0.2, 0.25) is 0 Å². The number of fused-ring (bicyclic) bond motifs is 10. The highest BCUT2D eigenvalue weighted by molar-refractivity contribution is 7.99. The monoisotopic (exact) mass is 1580 g/mol. The Bertz CT molecular complexity index is 2830. The van der Waals surface area contributed by atoms with E-state index in [0.29, 0.717) is 114 Å². The van der Waals surface area contributed by atoms with Crippen LogP contribution < -0.4 is 0 Å². The van der Waals surface area contributed by atoms with Gasteiger partial charge in [-0.05, 0) is 195 Å². The predicted octanol–water partition coefficient (Wildman–Crippen LogP) is 12.0. The maximum absolute atomic E-state index is 12.1. The Morgan fingerprint density at radius 2 is 0.936 bits per heavy atom. The number of ether oxygens (including phenoxy) is 10. The summed E-state index contributed by atoms with van der Waals surface area (Å²) in [5.74, 6) is 8.75. The molecule has 110 heavy (non-hydrogen) atoms. The Morgan fingerprint density at radius 3 is 1.38 bits per heavy atom. The third-order valence-electron chi connectivity index (χ3n) is 30.9. The standard InChI is InChI=1S/C40H70O14.C28H50O4.C18H26O3S.2CH4/c1-5-8-21(2)23-10-11-24-30-25(18-29(40(23,24)4)50-14-16-52-38-36(48)34(46)32(44)28(20-42)54-38)39(3)12-7-6-9-22(39)17-26(30)49-13-15-51-37-35(47)33(45)31(43)27(19-41)53-37;1-5-8-19(2)21-10-11-22-26-23(18-25(28(21,22)4)32-16-14-30)27(3)12-7-6-9-20(27)17-24(26)31-15-13-29;1-5-22-18-14(4)12(2)13(3)16(21-18)11-20-17(19)15-9-7-6-8-10-15;;/h21-38,41-48H,5-20H2,1-4H3;19-26,29-30H,5-18H2,1-4H3;6-10,12-14,16,18H,5,11H2,1-4H3;2*1H4/t21-,22+,23-,24+,25+,26-,27?,28?,29+,30+,31-,32-,33+,34+,35?,36?,37-,38-,39+,40-;19-,20+,21-,22+,23+,24-,25+,26+,27+,28-;12-,13-,14?,16?,18-;;/m110../s1. The van der Waals surface area contributed by atoms with Gasteiger partial charge in [0.05, 0.1) is 102 Å². The molecule has 21 nitrogen and oxygen atoms in total. The molecule has 11 fully saturated rings. The van der Waals surface area contributed by atoms with Gasteiger partial charge in [-0.2, -0.15) is 0 Å². The predicted molar refractivity (Wildman–Crippen MR) is 426 cm³/mol. The van der Waals surface area contributed by atoms with Crippen molar-refractivity contribution in [3.05, 3.63) is 35.9 Å². The summed E-state index contributed by atoms with van der Waals surface area (Å²) in [6.45, 7) is 29.6. The third-order valence-corrected chi connectivity index (χ3v) is 32.1. The summed E-state index contributed by atoms with van der Waals surface area (Å²) in [6.07, 6.45) is 11.2. The molecular formula is C88H154O21S. The molecule has 0 aromatic heterocycles. The van der Waals surface area contributed by atoms with E-state index in [0.717, 1.165) is 63.0 Å². The topological polar surface area (TPSA) is 312 Å². The van der Waals surface area contributed by atoms with Crippen molar-refractivity contribution in [2.45, 2.75) is 324 Å². The van der Waals surface area contributed by atoms with Crippen molar-refractivity contribution < 1.29 is 103 Å². The van der Waals surface area contributed by atoms with E-state index >= 15 is 0 Å². The molecule has 0 bridgehead atoms. The number of rotatable bonds is 29. The quantitative estimate of drug-likeness (QED) is 0.0263. The molecule has 1 aromatic rings. The number of carbonyl (C=O) groups is 1. The molecule has 638 valence electrons. The van der Waals surface area contributed by atoms with E-state index in [1.165, 1.54) is 77.0 Å². The fourth-order valence-electron chi connectivity index (χ4n) is 24.8. The summed E-state index contributed by atoms with van der Waals surface area (Å²) in [5, 5.41) is 100. The SMILES string of the molecule is C.C.CCC[C@@H](C)[C@H]1CC[C@H]2[C@@H]3[C@H](OCCO)C[C@@H]4CCCC[C@]4(C)[C@H]3C[C@H](OCCO)[C@]12C.CCC[C@@H](C)[C@H]1CC[C@H]2[C@@H]3[C@H](OCCO[C@@H]4OC(CO)[C@@H](O)[C@H](O)C4O)C[C@@H]4CCCC[C@]4(C)[C@H]3C[C@H](OCCO[C@@H]3OC(CO)[C@@H](O)[C@H](O)C3O)[C@]12C.CCS[C@@H]1OC(COC(=O)c2ccccc2)[C@@H](C)[C@H](C)C1C. The minimum Gasteiger partial charge on any atom is -0.459 e. The highest BCUT2D eigenvalue weighted by atomic mass is 32.2. The molecule has 0 amide bonds. The molecule has 35 atom stereocenters. The Hall–Kier alpha value is -1.72. The van der Waals surface area contributed by atoms with E-state index < -0.39 is 74.6 Å². The number of esters is 1. The van der Waals surface area contributed by atoms with Crippen LogP contribution in [0.25, 0.3) is 0 Å². The van der Waals surface area contributed by atoms with E-state index in [1.807, 2.05) is 30.0 Å². The van der Waals surface area contributed by atoms with Crippen LogP contribution in [0.2, 0.25) is 0 Å². The first-order valence-electron chi connectivity index (χ1n) is 42.8. The molecule has 10 N–H and O–H groups in total. The van der Waals surface area contributed by atoms with Crippen molar-refractivity contribution in [1.82, 2.24) is 0 Å². The summed E-state index contributed by atoms with van der Waals surface area (Å²) in [7, 11) is 0. The largest absolute Gasteiger partial charge is 0.459 e. The molecule has 1 aromatic carbocycles. The first kappa shape index (κ1) is 93.8. The average Bonchev–Trinajstić information content (AvgIpc) is 1.36. The average molecular weight is 1580 g/mol. The smallest absolute Gasteiger partial charge is 0.338 e. The molecule has 8 saturated carbocycles. The van der Waals surface area contributed by atoms with Crippen LogP contribution in [-0.4, -0.2) is 233 Å². The van der Waals surface area contributed by atoms with Crippen LogP contribution in [0, 0.1) is 110 Å². The first-order valence-corrected chi connectivity index (χ1v) is 43.8. The second kappa shape index (κ2) is 42.3. The van der Waals surface area contributed by atoms with Crippen LogP contribution in [0.3, 0.4) is 0 Å². The van der Waals surface area contributed by atoms with E-state index in [-0.39, 0.29) is 113 Å². The minimum atomic E-state index is -1.50. The van der Waals surface area contributed by atoms with Gasteiger partial charge < -0.3 is 98.4 Å². The second-order valence-electron chi connectivity index (χ2n) is 36.2. The maximum Gasteiger partial charge on any atom is 0.338 e. The molecule has 3 aliphatic heterocycles. The van der Waals surface area contributed by atoms with Gasteiger partial charge in [-0.3, -0.25) is 0 Å². The fraction of sp³-hybridized carbons (Fsp3) is 0.920. The van der Waals surface area contributed by atoms with Crippen LogP contribution in [-0.2, 0) is 47.4 Å². The molecule has 0 radical (unpaired) electrons. The zero-order valence-electron chi connectivity index (χ0n) is 67.8. The van der Waals surface area contributed by atoms with Crippen LogP contribution in [0.15, 0.2) is 30.3 Å². The van der Waals surface area contributed by atoms with Crippen molar-refractivity contribution in [2.24, 2.45) is 110 Å². The fourth-order valence-corrected chi connectivity index (χ4v) is 25.9. The van der Waals surface area contributed by atoms with E-state index in [2.05, 4.69) is 83.1 Å². The maximum atomic E-state index is 12.1. The van der Waals surface area contributed by atoms with Gasteiger partial charge in [0.25, 0.3) is 0 Å². The number of hydrogen-bond donors (Lipinski definition) is 10. The van der Waals surface area contributed by atoms with Crippen molar-refractivity contribution in [1.29, 1.82) is 0 Å². The van der Waals surface area contributed by atoms with Crippen LogP contribution in [0.5, 0.6) is 0 Å². The Labute approximate surface area is 666 Å². The summed E-state index contributed by atoms with van der Waals surface area (Å²) >= 11 is 1.84. The Morgan fingerprint density at radius 1 is 0.500 bits per heavy atom. The Balaban J connectivity index is 0.000000229. The second-order valence-corrected chi connectivity index (χ2v) is 37.6. The molecular weight excluding hydrogens is 1430 g/mol. The van der Waals surface area contributed by atoms with Gasteiger partial charge in [-0.15, -0.1) is 11.8 Å². The van der Waals surface area contributed by atoms with E-state index in [4.69, 9.17) is 47.4 Å². The molecule has 3 saturated heterocycles. The van der Waals surface area contributed by atoms with Crippen molar-refractivity contribution >= 4 is 17.7 Å². The van der Waals surface area contributed by atoms with Crippen LogP contribution in [0.1, 0.15) is 237 Å². The number of carbonyl (C=O) groups excluding carboxylic acids is 1. The normalized spacial score (nSPS) is 44.5. The molecule has 0 spiro atoms. The van der Waals surface area contributed by atoms with Gasteiger partial charge in [-0.25, -0.2) is 4.79 Å². The van der Waals surface area contributed by atoms with Crippen LogP contribution in [0.4, 0.5) is 0 Å². The van der Waals surface area contributed by atoms with Gasteiger partial charge in [-0.1, -0.05) is 168 Å². The van der Waals surface area contributed by atoms with Crippen molar-refractivity contribution in [3.63, 3.8) is 0 Å². The number of benzene rings is 1. The summed E-state index contributed by atoms with van der Waals surface area (Å²) in [5.41, 5.74) is 1.35. The number of aliphatic hydroxyl groups is 10. The lowest BCUT2D eigenvalue weighted by molar-refractivity contribution is -0.305. The van der Waals surface area contributed by atoms with Gasteiger partial charge in [0.15, 0.2) is 12.6 Å². The number of hydrogen-bond acceptors (Lipinski definition) is 22. The summed E-state index contributed by atoms with van der Waals surface area (Å²) in [4.78, 5) is 12.1. The van der Waals surface area contributed by atoms with E-state index in [1.54, 1.807) is 12.1 Å². The third kappa shape index (κ3) is 19.7.